The van der Waals surface area contributed by atoms with E-state index in [4.69, 9.17) is 9.26 Å². The van der Waals surface area contributed by atoms with Crippen molar-refractivity contribution in [1.29, 1.82) is 0 Å². The Balaban J connectivity index is 1.70. The zero-order valence-corrected chi connectivity index (χ0v) is 14.2. The number of methoxy groups -OCH3 is 1. The van der Waals surface area contributed by atoms with Gasteiger partial charge in [0.05, 0.1) is 19.7 Å². The highest BCUT2D eigenvalue weighted by molar-refractivity contribution is 5.81. The lowest BCUT2D eigenvalue weighted by atomic mass is 10.2. The molecule has 1 fully saturated rings. The molecule has 0 spiro atoms. The summed E-state index contributed by atoms with van der Waals surface area (Å²) in [5, 5.41) is 4.04. The van der Waals surface area contributed by atoms with E-state index in [0.29, 0.717) is 18.3 Å². The number of carbonyl (C=O) groups is 1. The smallest absolute Gasteiger partial charge is 0.241 e. The maximum absolute atomic E-state index is 12.2. The zero-order chi connectivity index (χ0) is 17.1. The molecule has 1 atom stereocenters. The van der Waals surface area contributed by atoms with Gasteiger partial charge in [-0.25, -0.2) is 0 Å². The Morgan fingerprint density at radius 1 is 1.38 bits per heavy atom. The predicted octanol–water partition coefficient (Wildman–Crippen LogP) is 1.80. The van der Waals surface area contributed by atoms with E-state index in [1.807, 2.05) is 24.3 Å². The second kappa shape index (κ2) is 7.00. The van der Waals surface area contributed by atoms with Crippen LogP contribution in [0.5, 0.6) is 5.75 Å². The van der Waals surface area contributed by atoms with Crippen molar-refractivity contribution in [2.75, 3.05) is 27.7 Å². The summed E-state index contributed by atoms with van der Waals surface area (Å²) < 4.78 is 10.5. The van der Waals surface area contributed by atoms with Crippen LogP contribution in [0.4, 0.5) is 0 Å². The second-order valence-corrected chi connectivity index (χ2v) is 6.10. The minimum Gasteiger partial charge on any atom is -0.497 e. The van der Waals surface area contributed by atoms with Crippen LogP contribution in [0.3, 0.4) is 0 Å². The number of likely N-dealkylation sites (tertiary alicyclic amines) is 1. The Kier molecular flexibility index (Phi) is 4.80. The highest BCUT2D eigenvalue weighted by Crippen LogP contribution is 2.23. The van der Waals surface area contributed by atoms with Gasteiger partial charge in [0.15, 0.2) is 0 Å². The van der Waals surface area contributed by atoms with Crippen molar-refractivity contribution in [3.05, 3.63) is 30.2 Å². The topological polar surface area (TPSA) is 71.7 Å². The Bertz CT molecular complexity index is 696. The first-order valence-electron chi connectivity index (χ1n) is 8.00. The Morgan fingerprint density at radius 3 is 2.79 bits per heavy atom. The molecule has 1 aliphatic heterocycles. The normalized spacial score (nSPS) is 17.9. The number of aromatic nitrogens is 2. The van der Waals surface area contributed by atoms with E-state index in [1.165, 1.54) is 0 Å². The van der Waals surface area contributed by atoms with E-state index in [9.17, 15) is 4.79 Å². The van der Waals surface area contributed by atoms with Crippen molar-refractivity contribution in [2.24, 2.45) is 0 Å². The van der Waals surface area contributed by atoms with Gasteiger partial charge >= 0.3 is 0 Å². The van der Waals surface area contributed by atoms with Crippen molar-refractivity contribution >= 4 is 5.91 Å². The predicted molar refractivity (Wildman–Crippen MR) is 88.4 cm³/mol. The number of hydrogen-bond acceptors (Lipinski definition) is 6. The van der Waals surface area contributed by atoms with Gasteiger partial charge < -0.3 is 14.2 Å². The van der Waals surface area contributed by atoms with Crippen molar-refractivity contribution in [3.8, 4) is 17.1 Å². The standard InChI is InChI=1S/C17H22N4O3/c1-20(2)17(22)14-5-4-10-21(14)11-15-18-16(19-24-15)12-6-8-13(23-3)9-7-12/h6-9,14H,4-5,10-11H2,1-3H3. The molecule has 7 heteroatoms. The molecular formula is C17H22N4O3. The second-order valence-electron chi connectivity index (χ2n) is 6.10. The van der Waals surface area contributed by atoms with Gasteiger partial charge in [-0.05, 0) is 43.7 Å². The molecule has 3 rings (SSSR count). The SMILES string of the molecule is COc1ccc(-c2noc(CN3CCCC3C(=O)N(C)C)n2)cc1. The lowest BCUT2D eigenvalue weighted by molar-refractivity contribution is -0.133. The van der Waals surface area contributed by atoms with E-state index < -0.39 is 0 Å². The fraction of sp³-hybridized carbons (Fsp3) is 0.471. The monoisotopic (exact) mass is 330 g/mol. The van der Waals surface area contributed by atoms with Crippen molar-refractivity contribution in [2.45, 2.75) is 25.4 Å². The van der Waals surface area contributed by atoms with Crippen LogP contribution in [0.15, 0.2) is 28.8 Å². The molecule has 24 heavy (non-hydrogen) atoms. The molecule has 0 radical (unpaired) electrons. The third-order valence-electron chi connectivity index (χ3n) is 4.24. The van der Waals surface area contributed by atoms with Crippen molar-refractivity contribution < 1.29 is 14.1 Å². The molecule has 1 aromatic carbocycles. The summed E-state index contributed by atoms with van der Waals surface area (Å²) in [6, 6.07) is 7.40. The molecule has 1 amide bonds. The molecule has 1 saturated heterocycles. The summed E-state index contributed by atoms with van der Waals surface area (Å²) >= 11 is 0. The lowest BCUT2D eigenvalue weighted by Gasteiger charge is -2.24. The first-order valence-corrected chi connectivity index (χ1v) is 8.00. The van der Waals surface area contributed by atoms with Crippen LogP contribution in [0, 0.1) is 0 Å². The number of benzene rings is 1. The molecule has 1 aliphatic rings. The first-order chi connectivity index (χ1) is 11.6. The van der Waals surface area contributed by atoms with E-state index in [1.54, 1.807) is 26.1 Å². The van der Waals surface area contributed by atoms with Gasteiger partial charge in [0, 0.05) is 19.7 Å². The summed E-state index contributed by atoms with van der Waals surface area (Å²) in [6.45, 7) is 1.36. The summed E-state index contributed by atoms with van der Waals surface area (Å²) in [7, 11) is 5.20. The summed E-state index contributed by atoms with van der Waals surface area (Å²) in [5.41, 5.74) is 0.869. The van der Waals surface area contributed by atoms with E-state index >= 15 is 0 Å². The van der Waals surface area contributed by atoms with Crippen LogP contribution < -0.4 is 4.74 Å². The molecule has 2 heterocycles. The fourth-order valence-electron chi connectivity index (χ4n) is 2.94. The third-order valence-corrected chi connectivity index (χ3v) is 4.24. The minimum absolute atomic E-state index is 0.101. The number of likely N-dealkylation sites (N-methyl/N-ethyl adjacent to an activating group) is 1. The van der Waals surface area contributed by atoms with E-state index in [-0.39, 0.29) is 11.9 Å². The molecule has 2 aromatic rings. The molecular weight excluding hydrogens is 308 g/mol. The van der Waals surface area contributed by atoms with Crippen molar-refractivity contribution in [1.82, 2.24) is 19.9 Å². The number of amides is 1. The van der Waals surface area contributed by atoms with Gasteiger partial charge in [0.25, 0.3) is 0 Å². The molecule has 0 N–H and O–H groups in total. The number of carbonyl (C=O) groups excluding carboxylic acids is 1. The average Bonchev–Trinajstić information content (AvgIpc) is 3.24. The van der Waals surface area contributed by atoms with E-state index in [2.05, 4.69) is 15.0 Å². The molecule has 0 bridgehead atoms. The van der Waals surface area contributed by atoms with Gasteiger partial charge in [0.1, 0.15) is 5.75 Å². The van der Waals surface area contributed by atoms with Crippen LogP contribution in [0.2, 0.25) is 0 Å². The zero-order valence-electron chi connectivity index (χ0n) is 14.2. The van der Waals surface area contributed by atoms with Gasteiger partial charge in [-0.1, -0.05) is 5.16 Å². The van der Waals surface area contributed by atoms with Gasteiger partial charge in [-0.2, -0.15) is 4.98 Å². The van der Waals surface area contributed by atoms with E-state index in [0.717, 1.165) is 30.7 Å². The highest BCUT2D eigenvalue weighted by Gasteiger charge is 2.32. The molecule has 0 aliphatic carbocycles. The van der Waals surface area contributed by atoms with Crippen molar-refractivity contribution in [3.63, 3.8) is 0 Å². The molecule has 128 valence electrons. The largest absolute Gasteiger partial charge is 0.497 e. The van der Waals surface area contributed by atoms with Crippen LogP contribution >= 0.6 is 0 Å². The Labute approximate surface area is 141 Å². The van der Waals surface area contributed by atoms with Gasteiger partial charge in [-0.15, -0.1) is 0 Å². The number of rotatable bonds is 5. The quantitative estimate of drug-likeness (QED) is 0.832. The summed E-state index contributed by atoms with van der Waals surface area (Å²) in [4.78, 5) is 20.4. The Hall–Kier alpha value is -2.41. The average molecular weight is 330 g/mol. The first kappa shape index (κ1) is 16.4. The highest BCUT2D eigenvalue weighted by atomic mass is 16.5. The molecule has 1 unspecified atom stereocenters. The van der Waals surface area contributed by atoms with Gasteiger partial charge in [-0.3, -0.25) is 9.69 Å². The summed E-state index contributed by atoms with van der Waals surface area (Å²) in [6.07, 6.45) is 1.88. The van der Waals surface area contributed by atoms with Gasteiger partial charge in [0.2, 0.25) is 17.6 Å². The molecule has 1 aromatic heterocycles. The maximum atomic E-state index is 12.2. The molecule has 0 saturated carbocycles. The minimum atomic E-state index is -0.101. The lowest BCUT2D eigenvalue weighted by Crippen LogP contribution is -2.42. The van der Waals surface area contributed by atoms with Crippen LogP contribution in [0.1, 0.15) is 18.7 Å². The molecule has 7 nitrogen and oxygen atoms in total. The number of nitrogens with zero attached hydrogens (tertiary/aromatic N) is 4. The van der Waals surface area contributed by atoms with Crippen LogP contribution in [-0.2, 0) is 11.3 Å². The maximum Gasteiger partial charge on any atom is 0.241 e. The number of hydrogen-bond donors (Lipinski definition) is 0. The third kappa shape index (κ3) is 3.41. The summed E-state index contributed by atoms with van der Waals surface area (Å²) in [5.74, 6) is 1.98. The van der Waals surface area contributed by atoms with Crippen LogP contribution in [-0.4, -0.2) is 59.6 Å². The van der Waals surface area contributed by atoms with Crippen LogP contribution in [0.25, 0.3) is 11.4 Å². The number of ether oxygens (including phenoxy) is 1. The Morgan fingerprint density at radius 2 is 2.12 bits per heavy atom. The fourth-order valence-corrected chi connectivity index (χ4v) is 2.94.